The highest BCUT2D eigenvalue weighted by atomic mass is 16.5. The number of nitrogens with zero attached hydrogens (tertiary/aromatic N) is 4. The van der Waals surface area contributed by atoms with Crippen LogP contribution in [0.1, 0.15) is 5.56 Å². The Kier molecular flexibility index (Phi) is 5.34. The number of ether oxygens (including phenoxy) is 1. The number of nitriles is 4. The molecule has 6 nitrogen and oxygen atoms in total. The average molecular weight is 278 g/mol. The summed E-state index contributed by atoms with van der Waals surface area (Å²) in [5.41, 5.74) is 0.0759. The van der Waals surface area contributed by atoms with E-state index in [2.05, 4.69) is 0 Å². The fraction of sp³-hybridized carbons (Fsp3) is 0.200. The van der Waals surface area contributed by atoms with E-state index in [0.29, 0.717) is 5.75 Å². The lowest BCUT2D eigenvalue weighted by Crippen LogP contribution is -2.11. The topological polar surface area (TPSA) is 125 Å². The fourth-order valence-electron chi connectivity index (χ4n) is 1.69. The predicted molar refractivity (Wildman–Crippen MR) is 72.0 cm³/mol. The maximum Gasteiger partial charge on any atom is 0.160 e. The minimum atomic E-state index is -1.38. The van der Waals surface area contributed by atoms with Crippen LogP contribution in [0.25, 0.3) is 5.76 Å². The molecule has 1 aromatic carbocycles. The van der Waals surface area contributed by atoms with E-state index in [0.717, 1.165) is 0 Å². The van der Waals surface area contributed by atoms with Crippen molar-refractivity contribution in [3.05, 3.63) is 35.4 Å². The molecule has 0 saturated heterocycles. The number of rotatable bonds is 4. The molecule has 1 aromatic rings. The van der Waals surface area contributed by atoms with Crippen LogP contribution in [0.2, 0.25) is 0 Å². The summed E-state index contributed by atoms with van der Waals surface area (Å²) in [6.45, 7) is 0. The lowest BCUT2D eigenvalue weighted by Gasteiger charge is -2.12. The van der Waals surface area contributed by atoms with Crippen LogP contribution >= 0.6 is 0 Å². The number of allylic oxidation sites excluding steroid dienone is 1. The molecule has 0 aliphatic heterocycles. The summed E-state index contributed by atoms with van der Waals surface area (Å²) < 4.78 is 4.98. The van der Waals surface area contributed by atoms with E-state index in [1.165, 1.54) is 19.2 Å². The minimum absolute atomic E-state index is 0.213. The van der Waals surface area contributed by atoms with Gasteiger partial charge < -0.3 is 9.84 Å². The van der Waals surface area contributed by atoms with Gasteiger partial charge in [-0.25, -0.2) is 0 Å². The SMILES string of the molecule is COc1ccc(C(O)=C(C(C#N)C#N)C(C#N)C#N)cc1. The lowest BCUT2D eigenvalue weighted by atomic mass is 9.88. The van der Waals surface area contributed by atoms with Gasteiger partial charge in [0.15, 0.2) is 11.8 Å². The first-order chi connectivity index (χ1) is 10.1. The van der Waals surface area contributed by atoms with E-state index in [9.17, 15) is 5.11 Å². The highest BCUT2D eigenvalue weighted by molar-refractivity contribution is 5.66. The summed E-state index contributed by atoms with van der Waals surface area (Å²) in [6.07, 6.45) is 0. The van der Waals surface area contributed by atoms with Crippen molar-refractivity contribution in [1.29, 1.82) is 21.0 Å². The number of hydrogen-bond acceptors (Lipinski definition) is 6. The molecule has 21 heavy (non-hydrogen) atoms. The Morgan fingerprint density at radius 1 is 0.952 bits per heavy atom. The quantitative estimate of drug-likeness (QED) is 0.842. The van der Waals surface area contributed by atoms with E-state index in [1.54, 1.807) is 36.4 Å². The van der Waals surface area contributed by atoms with Crippen molar-refractivity contribution in [2.75, 3.05) is 7.11 Å². The molecule has 0 radical (unpaired) electrons. The zero-order chi connectivity index (χ0) is 15.8. The molecule has 0 aliphatic rings. The van der Waals surface area contributed by atoms with Gasteiger partial charge in [0.25, 0.3) is 0 Å². The van der Waals surface area contributed by atoms with Crippen molar-refractivity contribution in [2.45, 2.75) is 0 Å². The van der Waals surface area contributed by atoms with Crippen LogP contribution in [0, 0.1) is 57.2 Å². The van der Waals surface area contributed by atoms with Crippen LogP contribution in [0.5, 0.6) is 5.75 Å². The molecule has 0 atom stereocenters. The molecule has 0 bridgehead atoms. The normalized spacial score (nSPS) is 9.10. The van der Waals surface area contributed by atoms with Gasteiger partial charge in [0.05, 0.1) is 31.4 Å². The second kappa shape index (κ2) is 7.19. The summed E-state index contributed by atoms with van der Waals surface area (Å²) in [6, 6.07) is 12.8. The van der Waals surface area contributed by atoms with Crippen LogP contribution < -0.4 is 4.74 Å². The van der Waals surface area contributed by atoms with Crippen molar-refractivity contribution in [3.8, 4) is 30.0 Å². The molecule has 1 N–H and O–H groups in total. The minimum Gasteiger partial charge on any atom is -0.507 e. The standard InChI is InChI=1S/C15H10N4O2/c1-21-13-4-2-10(3-5-13)15(20)14(11(6-16)7-17)12(8-18)9-19/h2-5,11-12,20H,1H3. The number of aliphatic hydroxyl groups is 1. The molecule has 0 spiro atoms. The molecular weight excluding hydrogens is 268 g/mol. The zero-order valence-electron chi connectivity index (χ0n) is 11.1. The van der Waals surface area contributed by atoms with Crippen molar-refractivity contribution in [3.63, 3.8) is 0 Å². The summed E-state index contributed by atoms with van der Waals surface area (Å²) in [5, 5.41) is 46.1. The van der Waals surface area contributed by atoms with Gasteiger partial charge in [0.2, 0.25) is 0 Å². The number of benzene rings is 1. The van der Waals surface area contributed by atoms with Crippen LogP contribution in [-0.4, -0.2) is 12.2 Å². The molecule has 1 rings (SSSR count). The van der Waals surface area contributed by atoms with E-state index < -0.39 is 17.6 Å². The first-order valence-electron chi connectivity index (χ1n) is 5.78. The second-order valence-electron chi connectivity index (χ2n) is 3.91. The van der Waals surface area contributed by atoms with Crippen molar-refractivity contribution < 1.29 is 9.84 Å². The largest absolute Gasteiger partial charge is 0.507 e. The maximum atomic E-state index is 10.2. The third-order valence-electron chi connectivity index (χ3n) is 2.78. The summed E-state index contributed by atoms with van der Waals surface area (Å²) >= 11 is 0. The van der Waals surface area contributed by atoms with Crippen molar-refractivity contribution in [2.24, 2.45) is 11.8 Å². The van der Waals surface area contributed by atoms with Crippen molar-refractivity contribution in [1.82, 2.24) is 0 Å². The van der Waals surface area contributed by atoms with Crippen molar-refractivity contribution >= 4 is 5.76 Å². The highest BCUT2D eigenvalue weighted by Gasteiger charge is 2.27. The predicted octanol–water partition coefficient (Wildman–Crippen LogP) is 2.29. The third-order valence-corrected chi connectivity index (χ3v) is 2.78. The van der Waals surface area contributed by atoms with E-state index >= 15 is 0 Å². The fourth-order valence-corrected chi connectivity index (χ4v) is 1.69. The Balaban J connectivity index is 3.47. The number of methoxy groups -OCH3 is 1. The summed E-state index contributed by atoms with van der Waals surface area (Å²) in [5.74, 6) is -2.62. The van der Waals surface area contributed by atoms with Gasteiger partial charge >= 0.3 is 0 Å². The molecule has 0 heterocycles. The third kappa shape index (κ3) is 3.29. The molecule has 102 valence electrons. The van der Waals surface area contributed by atoms with E-state index in [4.69, 9.17) is 25.8 Å². The average Bonchev–Trinajstić information content (AvgIpc) is 2.54. The lowest BCUT2D eigenvalue weighted by molar-refractivity contribution is 0.414. The van der Waals surface area contributed by atoms with Gasteiger partial charge in [-0.3, -0.25) is 0 Å². The molecule has 0 aromatic heterocycles. The molecule has 0 saturated carbocycles. The maximum absolute atomic E-state index is 10.2. The molecule has 0 aliphatic carbocycles. The Hall–Kier alpha value is -3.48. The van der Waals surface area contributed by atoms with Gasteiger partial charge in [0, 0.05) is 11.1 Å². The zero-order valence-corrected chi connectivity index (χ0v) is 11.1. The molecule has 6 heteroatoms. The smallest absolute Gasteiger partial charge is 0.160 e. The molecule has 0 fully saturated rings. The Morgan fingerprint density at radius 2 is 1.38 bits per heavy atom. The van der Waals surface area contributed by atoms with E-state index in [-0.39, 0.29) is 11.1 Å². The number of aliphatic hydroxyl groups excluding tert-OH is 1. The van der Waals surface area contributed by atoms with Gasteiger partial charge in [-0.05, 0) is 24.3 Å². The van der Waals surface area contributed by atoms with Gasteiger partial charge in [0.1, 0.15) is 11.5 Å². The van der Waals surface area contributed by atoms with Gasteiger partial charge in [-0.15, -0.1) is 0 Å². The first kappa shape index (κ1) is 15.6. The Bertz CT molecular complexity index is 647. The molecule has 0 unspecified atom stereocenters. The summed E-state index contributed by atoms with van der Waals surface area (Å²) in [7, 11) is 1.49. The molecule has 0 amide bonds. The summed E-state index contributed by atoms with van der Waals surface area (Å²) in [4.78, 5) is 0. The Morgan fingerprint density at radius 3 is 1.71 bits per heavy atom. The number of hydrogen-bond donors (Lipinski definition) is 1. The molecular formula is C15H10N4O2. The van der Waals surface area contributed by atoms with Crippen LogP contribution in [0.15, 0.2) is 29.8 Å². The van der Waals surface area contributed by atoms with E-state index in [1.807, 2.05) is 0 Å². The van der Waals surface area contributed by atoms with Crippen LogP contribution in [0.3, 0.4) is 0 Å². The van der Waals surface area contributed by atoms with Gasteiger partial charge in [-0.2, -0.15) is 21.0 Å². The monoisotopic (exact) mass is 278 g/mol. The highest BCUT2D eigenvalue weighted by Crippen LogP contribution is 2.28. The van der Waals surface area contributed by atoms with Crippen LogP contribution in [0.4, 0.5) is 0 Å². The second-order valence-corrected chi connectivity index (χ2v) is 3.91. The first-order valence-corrected chi connectivity index (χ1v) is 5.78. The van der Waals surface area contributed by atoms with Gasteiger partial charge in [-0.1, -0.05) is 0 Å². The van der Waals surface area contributed by atoms with Crippen LogP contribution in [-0.2, 0) is 0 Å². The Labute approximate surface area is 122 Å².